The average molecular weight is 241 g/mol. The Labute approximate surface area is 97.3 Å². The third kappa shape index (κ3) is 2.98. The molecule has 1 aromatic rings. The molecular formula is C11H15NOS2. The molecule has 2 atom stereocenters. The Morgan fingerprint density at radius 3 is 3.07 bits per heavy atom. The third-order valence-electron chi connectivity index (χ3n) is 2.47. The first-order valence-electron chi connectivity index (χ1n) is 5.03. The van der Waals surface area contributed by atoms with Crippen molar-refractivity contribution in [3.05, 3.63) is 24.3 Å². The highest BCUT2D eigenvalue weighted by molar-refractivity contribution is 7.99. The lowest BCUT2D eigenvalue weighted by Crippen LogP contribution is -2.17. The topological polar surface area (TPSA) is 29.1 Å². The first-order valence-corrected chi connectivity index (χ1v) is 7.75. The molecule has 1 N–H and O–H groups in total. The van der Waals surface area contributed by atoms with Crippen LogP contribution in [0, 0.1) is 0 Å². The van der Waals surface area contributed by atoms with Crippen LogP contribution in [0.2, 0.25) is 0 Å². The maximum Gasteiger partial charge on any atom is 0.0498 e. The van der Waals surface area contributed by atoms with Crippen LogP contribution in [0.3, 0.4) is 0 Å². The molecule has 0 bridgehead atoms. The Kier molecular flexibility index (Phi) is 3.70. The molecule has 1 aromatic carbocycles. The van der Waals surface area contributed by atoms with Gasteiger partial charge in [0.05, 0.1) is 0 Å². The molecule has 1 heterocycles. The lowest BCUT2D eigenvalue weighted by atomic mass is 10.2. The van der Waals surface area contributed by atoms with Gasteiger partial charge in [0.1, 0.15) is 0 Å². The number of hydrogen-bond acceptors (Lipinski definition) is 3. The molecule has 0 saturated carbocycles. The second kappa shape index (κ2) is 5.03. The molecule has 0 amide bonds. The summed E-state index contributed by atoms with van der Waals surface area (Å²) in [6.45, 7) is 0. The fourth-order valence-corrected chi connectivity index (χ4v) is 3.36. The van der Waals surface area contributed by atoms with E-state index in [1.165, 1.54) is 17.9 Å². The molecule has 0 radical (unpaired) electrons. The molecule has 1 aliphatic rings. The van der Waals surface area contributed by atoms with Crippen molar-refractivity contribution in [2.45, 2.75) is 17.4 Å². The second-order valence-corrected chi connectivity index (χ2v) is 6.22. The summed E-state index contributed by atoms with van der Waals surface area (Å²) in [6, 6.07) is 8.47. The molecule has 0 spiro atoms. The summed E-state index contributed by atoms with van der Waals surface area (Å²) in [5, 5.41) is 3.48. The van der Waals surface area contributed by atoms with Gasteiger partial charge in [-0.15, -0.1) is 0 Å². The lowest BCUT2D eigenvalue weighted by Gasteiger charge is -2.13. The van der Waals surface area contributed by atoms with Crippen LogP contribution in [0.25, 0.3) is 0 Å². The maximum absolute atomic E-state index is 11.3. The van der Waals surface area contributed by atoms with E-state index in [1.54, 1.807) is 6.26 Å². The second-order valence-electron chi connectivity index (χ2n) is 3.69. The van der Waals surface area contributed by atoms with Gasteiger partial charge in [-0.3, -0.25) is 4.21 Å². The van der Waals surface area contributed by atoms with E-state index in [4.69, 9.17) is 0 Å². The van der Waals surface area contributed by atoms with Crippen LogP contribution >= 0.6 is 11.8 Å². The van der Waals surface area contributed by atoms with Crippen molar-refractivity contribution in [1.29, 1.82) is 0 Å². The number of thioether (sulfide) groups is 1. The Balaban J connectivity index is 2.07. The highest BCUT2D eigenvalue weighted by Gasteiger charge is 2.14. The Morgan fingerprint density at radius 1 is 1.53 bits per heavy atom. The fourth-order valence-electron chi connectivity index (χ4n) is 1.65. The molecule has 2 rings (SSSR count). The predicted molar refractivity (Wildman–Crippen MR) is 68.1 cm³/mol. The van der Waals surface area contributed by atoms with E-state index in [-0.39, 0.29) is 0 Å². The first kappa shape index (κ1) is 11.0. The summed E-state index contributed by atoms with van der Waals surface area (Å²) in [5.41, 5.74) is 1.09. The Hall–Kier alpha value is -0.480. The van der Waals surface area contributed by atoms with Gasteiger partial charge >= 0.3 is 0 Å². The van der Waals surface area contributed by atoms with Crippen molar-refractivity contribution in [2.75, 3.05) is 23.1 Å². The molecule has 0 aliphatic carbocycles. The highest BCUT2D eigenvalue weighted by Crippen LogP contribution is 2.22. The van der Waals surface area contributed by atoms with Crippen LogP contribution in [-0.4, -0.2) is 28.0 Å². The van der Waals surface area contributed by atoms with E-state index in [1.807, 2.05) is 36.0 Å². The summed E-state index contributed by atoms with van der Waals surface area (Å²) in [4.78, 5) is 0.894. The van der Waals surface area contributed by atoms with E-state index in [0.29, 0.717) is 6.04 Å². The van der Waals surface area contributed by atoms with E-state index < -0.39 is 10.8 Å². The molecular weight excluding hydrogens is 226 g/mol. The van der Waals surface area contributed by atoms with Crippen LogP contribution in [0.5, 0.6) is 0 Å². The average Bonchev–Trinajstić information content (AvgIpc) is 2.71. The lowest BCUT2D eigenvalue weighted by molar-refractivity contribution is 0.687. The third-order valence-corrected chi connectivity index (χ3v) is 4.55. The number of benzene rings is 1. The standard InChI is InChI=1S/C11H15NOS2/c1-15(13)11-4-2-3-9(7-11)12-10-5-6-14-8-10/h2-4,7,10,12H,5-6,8H2,1H3. The van der Waals surface area contributed by atoms with Gasteiger partial charge in [0, 0.05) is 39.4 Å². The molecule has 0 aromatic heterocycles. The predicted octanol–water partition coefficient (Wildman–Crippen LogP) is 2.34. The van der Waals surface area contributed by atoms with Crippen LogP contribution in [-0.2, 0) is 10.8 Å². The Bertz CT molecular complexity index is 361. The SMILES string of the molecule is CS(=O)c1cccc(NC2CCSC2)c1. The summed E-state index contributed by atoms with van der Waals surface area (Å²) in [7, 11) is -0.888. The summed E-state index contributed by atoms with van der Waals surface area (Å²) in [5.74, 6) is 2.43. The minimum Gasteiger partial charge on any atom is -0.381 e. The van der Waals surface area contributed by atoms with Crippen molar-refractivity contribution in [3.63, 3.8) is 0 Å². The van der Waals surface area contributed by atoms with Crippen LogP contribution in [0.1, 0.15) is 6.42 Å². The number of nitrogens with one attached hydrogen (secondary N) is 1. The monoisotopic (exact) mass is 241 g/mol. The van der Waals surface area contributed by atoms with Gasteiger partial charge in [-0.2, -0.15) is 11.8 Å². The number of anilines is 1. The summed E-state index contributed by atoms with van der Waals surface area (Å²) >= 11 is 1.99. The van der Waals surface area contributed by atoms with E-state index in [0.717, 1.165) is 10.6 Å². The van der Waals surface area contributed by atoms with E-state index in [9.17, 15) is 4.21 Å². The number of rotatable bonds is 3. The molecule has 15 heavy (non-hydrogen) atoms. The summed E-state index contributed by atoms with van der Waals surface area (Å²) in [6.07, 6.45) is 2.94. The van der Waals surface area contributed by atoms with Crippen molar-refractivity contribution < 1.29 is 4.21 Å². The van der Waals surface area contributed by atoms with Gasteiger partial charge in [0.2, 0.25) is 0 Å². The number of hydrogen-bond donors (Lipinski definition) is 1. The minimum absolute atomic E-state index is 0.579. The van der Waals surface area contributed by atoms with Crippen LogP contribution in [0.15, 0.2) is 29.2 Å². The fraction of sp³-hybridized carbons (Fsp3) is 0.455. The normalized spacial score (nSPS) is 22.6. The van der Waals surface area contributed by atoms with Gasteiger partial charge in [0.15, 0.2) is 0 Å². The molecule has 2 unspecified atom stereocenters. The molecule has 1 saturated heterocycles. The quantitative estimate of drug-likeness (QED) is 0.880. The van der Waals surface area contributed by atoms with Gasteiger partial charge in [-0.05, 0) is 30.4 Å². The van der Waals surface area contributed by atoms with Gasteiger partial charge in [0.25, 0.3) is 0 Å². The zero-order valence-corrected chi connectivity index (χ0v) is 10.4. The van der Waals surface area contributed by atoms with Crippen molar-refractivity contribution in [3.8, 4) is 0 Å². The smallest absolute Gasteiger partial charge is 0.0498 e. The van der Waals surface area contributed by atoms with Crippen LogP contribution < -0.4 is 5.32 Å². The maximum atomic E-state index is 11.3. The minimum atomic E-state index is -0.888. The van der Waals surface area contributed by atoms with Gasteiger partial charge in [-0.25, -0.2) is 0 Å². The molecule has 4 heteroatoms. The summed E-state index contributed by atoms with van der Waals surface area (Å²) < 4.78 is 11.3. The molecule has 2 nitrogen and oxygen atoms in total. The highest BCUT2D eigenvalue weighted by atomic mass is 32.2. The zero-order valence-electron chi connectivity index (χ0n) is 8.73. The van der Waals surface area contributed by atoms with Crippen molar-refractivity contribution >= 4 is 28.2 Å². The zero-order chi connectivity index (χ0) is 10.7. The van der Waals surface area contributed by atoms with E-state index >= 15 is 0 Å². The van der Waals surface area contributed by atoms with E-state index in [2.05, 4.69) is 5.32 Å². The Morgan fingerprint density at radius 2 is 2.40 bits per heavy atom. The molecule has 1 aliphatic heterocycles. The van der Waals surface area contributed by atoms with Crippen molar-refractivity contribution in [2.24, 2.45) is 0 Å². The van der Waals surface area contributed by atoms with Crippen molar-refractivity contribution in [1.82, 2.24) is 0 Å². The largest absolute Gasteiger partial charge is 0.381 e. The first-order chi connectivity index (χ1) is 7.25. The molecule has 82 valence electrons. The van der Waals surface area contributed by atoms with Gasteiger partial charge in [-0.1, -0.05) is 6.07 Å². The van der Waals surface area contributed by atoms with Gasteiger partial charge < -0.3 is 5.32 Å². The molecule has 1 fully saturated rings. The van der Waals surface area contributed by atoms with Crippen LogP contribution in [0.4, 0.5) is 5.69 Å².